The maximum Gasteiger partial charge on any atom is 0.306 e. The summed E-state index contributed by atoms with van der Waals surface area (Å²) in [6.45, 7) is 6.42. The molecular weight excluding hydrogens is 685 g/mol. The Labute approximate surface area is 339 Å². The smallest absolute Gasteiger partial charge is 0.306 e. The number of rotatable bonds is 40. The number of ether oxygens (including phenoxy) is 3. The van der Waals surface area contributed by atoms with Gasteiger partial charge in [0.05, 0.1) is 0 Å². The van der Waals surface area contributed by atoms with Gasteiger partial charge >= 0.3 is 17.9 Å². The van der Waals surface area contributed by atoms with Gasteiger partial charge in [0, 0.05) is 19.3 Å². The lowest BCUT2D eigenvalue weighted by atomic mass is 10.1. The molecule has 6 heteroatoms. The third kappa shape index (κ3) is 42.1. The molecule has 0 aromatic heterocycles. The van der Waals surface area contributed by atoms with E-state index in [2.05, 4.69) is 81.5 Å². The Bertz CT molecular complexity index is 1020. The second-order valence-corrected chi connectivity index (χ2v) is 15.0. The van der Waals surface area contributed by atoms with E-state index in [9.17, 15) is 14.4 Å². The van der Waals surface area contributed by atoms with Crippen LogP contribution in [0.2, 0.25) is 0 Å². The summed E-state index contributed by atoms with van der Waals surface area (Å²) in [5.74, 6) is -0.990. The van der Waals surface area contributed by atoms with Crippen LogP contribution in [0.15, 0.2) is 60.8 Å². The summed E-state index contributed by atoms with van der Waals surface area (Å²) in [5.41, 5.74) is 0. The van der Waals surface area contributed by atoms with Crippen LogP contribution in [-0.4, -0.2) is 37.2 Å². The van der Waals surface area contributed by atoms with Gasteiger partial charge in [0.25, 0.3) is 0 Å². The summed E-state index contributed by atoms with van der Waals surface area (Å²) in [6.07, 6.45) is 52.2. The lowest BCUT2D eigenvalue weighted by Crippen LogP contribution is -2.30. The van der Waals surface area contributed by atoms with E-state index in [-0.39, 0.29) is 37.5 Å². The molecule has 316 valence electrons. The van der Waals surface area contributed by atoms with Gasteiger partial charge in [0.2, 0.25) is 0 Å². The second kappa shape index (κ2) is 43.8. The van der Waals surface area contributed by atoms with Crippen LogP contribution in [0.5, 0.6) is 0 Å². The highest BCUT2D eigenvalue weighted by molar-refractivity contribution is 5.71. The molecule has 0 heterocycles. The third-order valence-corrected chi connectivity index (χ3v) is 9.53. The van der Waals surface area contributed by atoms with Gasteiger partial charge in [0.1, 0.15) is 13.2 Å². The number of unbranched alkanes of at least 4 members (excludes halogenated alkanes) is 20. The minimum atomic E-state index is -0.806. The van der Waals surface area contributed by atoms with E-state index in [4.69, 9.17) is 14.2 Å². The second-order valence-electron chi connectivity index (χ2n) is 15.0. The third-order valence-electron chi connectivity index (χ3n) is 9.53. The minimum Gasteiger partial charge on any atom is -0.462 e. The molecule has 1 atom stereocenters. The molecule has 0 radical (unpaired) electrons. The Morgan fingerprint density at radius 1 is 0.400 bits per heavy atom. The number of carbonyl (C=O) groups is 3. The lowest BCUT2D eigenvalue weighted by Gasteiger charge is -2.18. The minimum absolute atomic E-state index is 0.102. The first-order chi connectivity index (χ1) is 27.0. The van der Waals surface area contributed by atoms with Crippen molar-refractivity contribution >= 4 is 17.9 Å². The molecule has 0 spiro atoms. The van der Waals surface area contributed by atoms with Crippen molar-refractivity contribution in [2.75, 3.05) is 13.2 Å². The van der Waals surface area contributed by atoms with Gasteiger partial charge in [-0.1, -0.05) is 184 Å². The standard InChI is InChI=1S/C49H84O6/c1-4-7-10-13-16-19-22-23-24-25-26-28-30-33-36-39-42-48(51)54-45-46(44-53-47(50)41-38-35-32-29-21-18-15-12-9-6-3)55-49(52)43-40-37-34-31-27-20-17-14-11-8-5-2/h8,11,17,20,24-26,28,31,34,46H,4-7,9-10,12-16,18-19,21-23,27,29-30,32-33,35-45H2,1-3H3/b11-8-,20-17-,25-24-,28-26-,34-31-. The summed E-state index contributed by atoms with van der Waals surface area (Å²) in [7, 11) is 0. The van der Waals surface area contributed by atoms with Crippen LogP contribution in [-0.2, 0) is 28.6 Å². The number of carbonyl (C=O) groups excluding carboxylic acids is 3. The van der Waals surface area contributed by atoms with Crippen molar-refractivity contribution in [1.29, 1.82) is 0 Å². The zero-order chi connectivity index (χ0) is 40.1. The fraction of sp³-hybridized carbons (Fsp3) is 0.735. The summed E-state index contributed by atoms with van der Waals surface area (Å²) in [5, 5.41) is 0. The number of hydrogen-bond donors (Lipinski definition) is 0. The van der Waals surface area contributed by atoms with Crippen LogP contribution >= 0.6 is 0 Å². The molecule has 0 saturated carbocycles. The molecule has 0 fully saturated rings. The van der Waals surface area contributed by atoms with Crippen molar-refractivity contribution in [3.05, 3.63) is 60.8 Å². The average molecular weight is 769 g/mol. The lowest BCUT2D eigenvalue weighted by molar-refractivity contribution is -0.167. The van der Waals surface area contributed by atoms with Gasteiger partial charge in [-0.2, -0.15) is 0 Å². The fourth-order valence-corrected chi connectivity index (χ4v) is 6.10. The summed E-state index contributed by atoms with van der Waals surface area (Å²) in [4.78, 5) is 37.6. The topological polar surface area (TPSA) is 78.9 Å². The molecule has 0 aliphatic heterocycles. The molecule has 6 nitrogen and oxygen atoms in total. The monoisotopic (exact) mass is 769 g/mol. The summed E-state index contributed by atoms with van der Waals surface area (Å²) >= 11 is 0. The van der Waals surface area contributed by atoms with Gasteiger partial charge in [-0.05, 0) is 70.6 Å². The molecule has 0 saturated heterocycles. The van der Waals surface area contributed by atoms with E-state index >= 15 is 0 Å². The molecule has 0 aliphatic rings. The van der Waals surface area contributed by atoms with Gasteiger partial charge in [-0.3, -0.25) is 14.4 Å². The fourth-order valence-electron chi connectivity index (χ4n) is 6.10. The maximum absolute atomic E-state index is 12.7. The predicted molar refractivity (Wildman–Crippen MR) is 233 cm³/mol. The Hall–Kier alpha value is -2.89. The predicted octanol–water partition coefficient (Wildman–Crippen LogP) is 14.5. The van der Waals surface area contributed by atoms with E-state index in [1.165, 1.54) is 89.9 Å². The van der Waals surface area contributed by atoms with Crippen molar-refractivity contribution in [2.45, 2.75) is 219 Å². The van der Waals surface area contributed by atoms with E-state index in [0.717, 1.165) is 77.0 Å². The number of esters is 3. The Morgan fingerprint density at radius 2 is 0.782 bits per heavy atom. The highest BCUT2D eigenvalue weighted by atomic mass is 16.6. The van der Waals surface area contributed by atoms with Crippen molar-refractivity contribution in [3.63, 3.8) is 0 Å². The van der Waals surface area contributed by atoms with Crippen LogP contribution in [0, 0.1) is 0 Å². The van der Waals surface area contributed by atoms with Crippen LogP contribution < -0.4 is 0 Å². The van der Waals surface area contributed by atoms with Crippen LogP contribution in [0.3, 0.4) is 0 Å². The normalized spacial score (nSPS) is 12.6. The molecule has 55 heavy (non-hydrogen) atoms. The average Bonchev–Trinajstić information content (AvgIpc) is 3.18. The quantitative estimate of drug-likeness (QED) is 0.0203. The van der Waals surface area contributed by atoms with Gasteiger partial charge in [-0.25, -0.2) is 0 Å². The van der Waals surface area contributed by atoms with E-state index < -0.39 is 6.10 Å². The summed E-state index contributed by atoms with van der Waals surface area (Å²) < 4.78 is 16.6. The van der Waals surface area contributed by atoms with Crippen LogP contribution in [0.1, 0.15) is 213 Å². The van der Waals surface area contributed by atoms with Gasteiger partial charge < -0.3 is 14.2 Å². The maximum atomic E-state index is 12.7. The molecule has 0 amide bonds. The Morgan fingerprint density at radius 3 is 1.27 bits per heavy atom. The van der Waals surface area contributed by atoms with Gasteiger partial charge in [0.15, 0.2) is 6.10 Å². The molecule has 0 N–H and O–H groups in total. The number of hydrogen-bond acceptors (Lipinski definition) is 6. The molecule has 0 bridgehead atoms. The van der Waals surface area contributed by atoms with Crippen molar-refractivity contribution in [2.24, 2.45) is 0 Å². The molecule has 0 aromatic carbocycles. The molecular formula is C49H84O6. The summed E-state index contributed by atoms with van der Waals surface area (Å²) in [6, 6.07) is 0. The highest BCUT2D eigenvalue weighted by Gasteiger charge is 2.19. The van der Waals surface area contributed by atoms with Crippen molar-refractivity contribution in [1.82, 2.24) is 0 Å². The molecule has 0 aliphatic carbocycles. The zero-order valence-electron chi connectivity index (χ0n) is 35.9. The van der Waals surface area contributed by atoms with Crippen LogP contribution in [0.4, 0.5) is 0 Å². The van der Waals surface area contributed by atoms with E-state index in [0.29, 0.717) is 19.3 Å². The van der Waals surface area contributed by atoms with Gasteiger partial charge in [-0.15, -0.1) is 0 Å². The highest BCUT2D eigenvalue weighted by Crippen LogP contribution is 2.13. The Balaban J connectivity index is 4.45. The van der Waals surface area contributed by atoms with Crippen molar-refractivity contribution < 1.29 is 28.6 Å². The van der Waals surface area contributed by atoms with Crippen LogP contribution in [0.25, 0.3) is 0 Å². The first-order valence-corrected chi connectivity index (χ1v) is 22.8. The zero-order valence-corrected chi connectivity index (χ0v) is 35.9. The largest absolute Gasteiger partial charge is 0.462 e. The molecule has 1 unspecified atom stereocenters. The first kappa shape index (κ1) is 52.1. The molecule has 0 rings (SSSR count). The number of allylic oxidation sites excluding steroid dienone is 10. The first-order valence-electron chi connectivity index (χ1n) is 22.8. The van der Waals surface area contributed by atoms with E-state index in [1.54, 1.807) is 0 Å². The van der Waals surface area contributed by atoms with E-state index in [1.807, 2.05) is 0 Å². The SMILES string of the molecule is CC/C=C\C/C=C\C/C=C\CCCC(=O)OC(COC(=O)CCCCC/C=C\C=C/CCCCCCCCC)COC(=O)CCCCCCCCCCCC. The Kier molecular flexibility index (Phi) is 41.5. The molecule has 0 aromatic rings. The van der Waals surface area contributed by atoms with Crippen molar-refractivity contribution in [3.8, 4) is 0 Å².